The van der Waals surface area contributed by atoms with Gasteiger partial charge in [-0.25, -0.2) is 4.98 Å². The lowest BCUT2D eigenvalue weighted by Gasteiger charge is -2.11. The van der Waals surface area contributed by atoms with E-state index in [1.165, 1.54) is 6.26 Å². The molecule has 0 spiro atoms. The van der Waals surface area contributed by atoms with Crippen LogP contribution in [0.25, 0.3) is 22.6 Å². The fraction of sp³-hybridized carbons (Fsp3) is 0. The van der Waals surface area contributed by atoms with Crippen LogP contribution in [-0.2, 0) is 0 Å². The van der Waals surface area contributed by atoms with E-state index < -0.39 is 0 Å². The Balaban J connectivity index is 2.34. The van der Waals surface area contributed by atoms with Crippen molar-refractivity contribution >= 4 is 29.0 Å². The highest BCUT2D eigenvalue weighted by Crippen LogP contribution is 2.38. The zero-order valence-electron chi connectivity index (χ0n) is 11.2. The van der Waals surface area contributed by atoms with Gasteiger partial charge in [0.25, 0.3) is 0 Å². The molecule has 0 atom stereocenters. The van der Waals surface area contributed by atoms with Gasteiger partial charge in [-0.3, -0.25) is 0 Å². The lowest BCUT2D eigenvalue weighted by Crippen LogP contribution is -1.99. The first-order chi connectivity index (χ1) is 10.6. The fourth-order valence-corrected chi connectivity index (χ4v) is 2.52. The molecule has 0 aliphatic rings. The van der Waals surface area contributed by atoms with Gasteiger partial charge in [-0.15, -0.1) is 0 Å². The van der Waals surface area contributed by atoms with E-state index in [1.807, 2.05) is 6.07 Å². The molecule has 3 rings (SSSR count). The topological polar surface area (TPSA) is 75.8 Å². The van der Waals surface area contributed by atoms with Gasteiger partial charge in [0.1, 0.15) is 17.6 Å². The molecule has 6 heteroatoms. The number of furan rings is 1. The first kappa shape index (κ1) is 14.5. The zero-order chi connectivity index (χ0) is 15.7. The van der Waals surface area contributed by atoms with Crippen LogP contribution in [0.15, 0.2) is 47.1 Å². The minimum absolute atomic E-state index is 0.135. The Bertz CT molecular complexity index is 883. The maximum Gasteiger partial charge on any atom is 0.152 e. The van der Waals surface area contributed by atoms with Gasteiger partial charge in [0.05, 0.1) is 11.8 Å². The van der Waals surface area contributed by atoms with Crippen LogP contribution < -0.4 is 5.73 Å². The number of hydrogen-bond acceptors (Lipinski definition) is 4. The SMILES string of the molecule is N#Cc1cc(-c2cc(Cl)ccc2Cl)c(-c2ccco2)nc1N. The lowest BCUT2D eigenvalue weighted by atomic mass is 10.0. The number of anilines is 1. The average molecular weight is 330 g/mol. The predicted octanol–water partition coefficient (Wildman–Crippen LogP) is 4.77. The Kier molecular flexibility index (Phi) is 3.76. The number of aromatic nitrogens is 1. The molecule has 0 saturated carbocycles. The maximum absolute atomic E-state index is 9.18. The van der Waals surface area contributed by atoms with E-state index in [1.54, 1.807) is 36.4 Å². The molecule has 0 aliphatic heterocycles. The van der Waals surface area contributed by atoms with Gasteiger partial charge in [-0.05, 0) is 36.4 Å². The van der Waals surface area contributed by atoms with E-state index in [9.17, 15) is 5.26 Å². The second kappa shape index (κ2) is 5.72. The third-order valence-electron chi connectivity index (χ3n) is 3.15. The number of benzene rings is 1. The van der Waals surface area contributed by atoms with E-state index in [0.717, 1.165) is 0 Å². The molecule has 0 radical (unpaired) electrons. The van der Waals surface area contributed by atoms with E-state index in [4.69, 9.17) is 33.4 Å². The minimum atomic E-state index is 0.135. The number of nitriles is 1. The summed E-state index contributed by atoms with van der Waals surface area (Å²) in [5.41, 5.74) is 7.88. The molecule has 3 aromatic rings. The first-order valence-electron chi connectivity index (χ1n) is 6.30. The Hall–Kier alpha value is -2.48. The van der Waals surface area contributed by atoms with E-state index >= 15 is 0 Å². The summed E-state index contributed by atoms with van der Waals surface area (Å²) < 4.78 is 5.40. The molecule has 0 bridgehead atoms. The molecular weight excluding hydrogens is 321 g/mol. The number of halogens is 2. The Labute approximate surface area is 136 Å². The van der Waals surface area contributed by atoms with Crippen molar-refractivity contribution in [1.82, 2.24) is 4.98 Å². The van der Waals surface area contributed by atoms with Gasteiger partial charge in [-0.2, -0.15) is 5.26 Å². The number of pyridine rings is 1. The van der Waals surface area contributed by atoms with Gasteiger partial charge in [0, 0.05) is 21.2 Å². The van der Waals surface area contributed by atoms with E-state index in [0.29, 0.717) is 32.6 Å². The fourth-order valence-electron chi connectivity index (χ4n) is 2.13. The van der Waals surface area contributed by atoms with E-state index in [2.05, 4.69) is 4.98 Å². The van der Waals surface area contributed by atoms with Crippen LogP contribution in [0.5, 0.6) is 0 Å². The van der Waals surface area contributed by atoms with Gasteiger partial charge in [0.2, 0.25) is 0 Å². The second-order valence-electron chi connectivity index (χ2n) is 4.53. The van der Waals surface area contributed by atoms with Gasteiger partial charge >= 0.3 is 0 Å². The molecule has 4 nitrogen and oxygen atoms in total. The monoisotopic (exact) mass is 329 g/mol. The predicted molar refractivity (Wildman–Crippen MR) is 86.5 cm³/mol. The van der Waals surface area contributed by atoms with Gasteiger partial charge in [-0.1, -0.05) is 23.2 Å². The lowest BCUT2D eigenvalue weighted by molar-refractivity contribution is 0.580. The highest BCUT2D eigenvalue weighted by Gasteiger charge is 2.17. The molecule has 2 aromatic heterocycles. The van der Waals surface area contributed by atoms with Gasteiger partial charge in [0.15, 0.2) is 5.76 Å². The molecule has 108 valence electrons. The number of nitrogen functional groups attached to an aromatic ring is 1. The summed E-state index contributed by atoms with van der Waals surface area (Å²) in [6, 6.07) is 12.3. The first-order valence-corrected chi connectivity index (χ1v) is 7.05. The average Bonchev–Trinajstić information content (AvgIpc) is 3.04. The summed E-state index contributed by atoms with van der Waals surface area (Å²) in [4.78, 5) is 4.29. The number of nitrogens with zero attached hydrogens (tertiary/aromatic N) is 2. The summed E-state index contributed by atoms with van der Waals surface area (Å²) >= 11 is 12.3. The summed E-state index contributed by atoms with van der Waals surface area (Å²) in [6.45, 7) is 0. The number of hydrogen-bond donors (Lipinski definition) is 1. The highest BCUT2D eigenvalue weighted by molar-refractivity contribution is 6.35. The Morgan fingerprint density at radius 3 is 2.64 bits per heavy atom. The van der Waals surface area contributed by atoms with Crippen molar-refractivity contribution in [2.75, 3.05) is 5.73 Å². The number of rotatable bonds is 2. The maximum atomic E-state index is 9.18. The Morgan fingerprint density at radius 2 is 1.95 bits per heavy atom. The van der Waals surface area contributed by atoms with Crippen LogP contribution in [0.1, 0.15) is 5.56 Å². The molecule has 1 aromatic carbocycles. The van der Waals surface area contributed by atoms with Gasteiger partial charge < -0.3 is 10.2 Å². The van der Waals surface area contributed by atoms with Crippen molar-refractivity contribution in [2.24, 2.45) is 0 Å². The molecule has 0 aliphatic carbocycles. The largest absolute Gasteiger partial charge is 0.463 e. The molecule has 0 amide bonds. The van der Waals surface area contributed by atoms with Crippen LogP contribution in [0.4, 0.5) is 5.82 Å². The minimum Gasteiger partial charge on any atom is -0.463 e. The van der Waals surface area contributed by atoms with Crippen molar-refractivity contribution in [3.8, 4) is 28.7 Å². The van der Waals surface area contributed by atoms with Crippen LogP contribution >= 0.6 is 23.2 Å². The molecule has 2 N–H and O–H groups in total. The van der Waals surface area contributed by atoms with Crippen LogP contribution in [0.2, 0.25) is 10.0 Å². The molecule has 0 saturated heterocycles. The van der Waals surface area contributed by atoms with Crippen molar-refractivity contribution in [3.63, 3.8) is 0 Å². The third kappa shape index (κ3) is 2.52. The third-order valence-corrected chi connectivity index (χ3v) is 3.71. The smallest absolute Gasteiger partial charge is 0.152 e. The highest BCUT2D eigenvalue weighted by atomic mass is 35.5. The van der Waals surface area contributed by atoms with Crippen molar-refractivity contribution in [3.05, 3.63) is 58.3 Å². The van der Waals surface area contributed by atoms with Crippen molar-refractivity contribution in [2.45, 2.75) is 0 Å². The normalized spacial score (nSPS) is 10.4. The Morgan fingerprint density at radius 1 is 1.14 bits per heavy atom. The summed E-state index contributed by atoms with van der Waals surface area (Å²) in [5, 5.41) is 10.2. The second-order valence-corrected chi connectivity index (χ2v) is 5.37. The quantitative estimate of drug-likeness (QED) is 0.734. The van der Waals surface area contributed by atoms with Crippen molar-refractivity contribution in [1.29, 1.82) is 5.26 Å². The summed E-state index contributed by atoms with van der Waals surface area (Å²) in [7, 11) is 0. The molecule has 0 unspecified atom stereocenters. The summed E-state index contributed by atoms with van der Waals surface area (Å²) in [6.07, 6.45) is 1.54. The van der Waals surface area contributed by atoms with Crippen LogP contribution in [0, 0.1) is 11.3 Å². The molecule has 22 heavy (non-hydrogen) atoms. The summed E-state index contributed by atoms with van der Waals surface area (Å²) in [5.74, 6) is 0.665. The van der Waals surface area contributed by atoms with Crippen LogP contribution in [-0.4, -0.2) is 4.98 Å². The van der Waals surface area contributed by atoms with E-state index in [-0.39, 0.29) is 11.4 Å². The zero-order valence-corrected chi connectivity index (χ0v) is 12.7. The number of nitrogens with two attached hydrogens (primary N) is 1. The standard InChI is InChI=1S/C16H9Cl2N3O/c17-10-3-4-13(18)11(7-10)12-6-9(8-19)16(20)21-15(12)14-2-1-5-22-14/h1-7H,(H2,20,21). The van der Waals surface area contributed by atoms with Crippen LogP contribution in [0.3, 0.4) is 0 Å². The molecular formula is C16H9Cl2N3O. The van der Waals surface area contributed by atoms with Crippen molar-refractivity contribution < 1.29 is 4.42 Å². The molecule has 0 fully saturated rings. The molecule has 2 heterocycles.